The summed E-state index contributed by atoms with van der Waals surface area (Å²) in [5.74, 6) is 4.67. The minimum atomic E-state index is 0.0593. The summed E-state index contributed by atoms with van der Waals surface area (Å²) >= 11 is 0. The highest BCUT2D eigenvalue weighted by molar-refractivity contribution is 5.54. The Morgan fingerprint density at radius 3 is 2.10 bits per heavy atom. The number of terminal acetylenes is 1. The maximum absolute atomic E-state index is 5.56. The van der Waals surface area contributed by atoms with Crippen LogP contribution in [0.1, 0.15) is 38.3 Å². The van der Waals surface area contributed by atoms with Crippen LogP contribution in [0.15, 0.2) is 12.1 Å². The van der Waals surface area contributed by atoms with Crippen LogP contribution in [0.25, 0.3) is 0 Å². The molecule has 0 spiro atoms. The van der Waals surface area contributed by atoms with E-state index in [0.29, 0.717) is 17.2 Å². The van der Waals surface area contributed by atoms with Crippen molar-refractivity contribution in [1.29, 1.82) is 0 Å². The molecule has 116 valence electrons. The summed E-state index contributed by atoms with van der Waals surface area (Å²) in [5, 5.41) is 3.44. The number of hydrogen-bond donors (Lipinski definition) is 1. The summed E-state index contributed by atoms with van der Waals surface area (Å²) in [6.07, 6.45) is 7.56. The third-order valence-electron chi connectivity index (χ3n) is 3.42. The summed E-state index contributed by atoms with van der Waals surface area (Å²) in [6, 6.07) is 4.03. The molecule has 0 heterocycles. The fourth-order valence-corrected chi connectivity index (χ4v) is 2.25. The Balaban J connectivity index is 3.04. The Hall–Kier alpha value is -1.86. The molecule has 4 heteroatoms. The quantitative estimate of drug-likeness (QED) is 0.747. The van der Waals surface area contributed by atoms with Gasteiger partial charge in [-0.3, -0.25) is 5.32 Å². The molecule has 1 aromatic carbocycles. The van der Waals surface area contributed by atoms with Crippen LogP contribution in [-0.4, -0.2) is 27.4 Å². The van der Waals surface area contributed by atoms with Crippen LogP contribution in [0, 0.1) is 12.3 Å². The summed E-state index contributed by atoms with van der Waals surface area (Å²) in [5.41, 5.74) is 1.04. The average Bonchev–Trinajstić information content (AvgIpc) is 2.52. The summed E-state index contributed by atoms with van der Waals surface area (Å²) in [6.45, 7) is 4.19. The molecule has 2 atom stereocenters. The molecule has 1 rings (SSSR count). The van der Waals surface area contributed by atoms with Crippen LogP contribution in [0.3, 0.4) is 0 Å². The van der Waals surface area contributed by atoms with Crippen molar-refractivity contribution in [3.05, 3.63) is 17.7 Å². The monoisotopic (exact) mass is 291 g/mol. The summed E-state index contributed by atoms with van der Waals surface area (Å²) < 4.78 is 16.1. The van der Waals surface area contributed by atoms with Crippen LogP contribution in [0.4, 0.5) is 0 Å². The third kappa shape index (κ3) is 4.30. The van der Waals surface area contributed by atoms with E-state index in [-0.39, 0.29) is 12.1 Å². The van der Waals surface area contributed by atoms with Gasteiger partial charge in [-0.1, -0.05) is 19.3 Å². The Bertz CT molecular complexity index is 468. The van der Waals surface area contributed by atoms with E-state index in [1.54, 1.807) is 21.3 Å². The highest BCUT2D eigenvalue weighted by atomic mass is 16.5. The first kappa shape index (κ1) is 17.2. The van der Waals surface area contributed by atoms with Gasteiger partial charge in [-0.2, -0.15) is 0 Å². The smallest absolute Gasteiger partial charge is 0.203 e. The molecule has 2 unspecified atom stereocenters. The molecule has 0 radical (unpaired) electrons. The summed E-state index contributed by atoms with van der Waals surface area (Å²) in [4.78, 5) is 0. The normalized spacial score (nSPS) is 13.1. The van der Waals surface area contributed by atoms with Gasteiger partial charge in [0.05, 0.1) is 27.4 Å². The van der Waals surface area contributed by atoms with Crippen molar-refractivity contribution >= 4 is 0 Å². The molecule has 4 nitrogen and oxygen atoms in total. The lowest BCUT2D eigenvalue weighted by molar-refractivity contribution is 0.323. The van der Waals surface area contributed by atoms with E-state index in [9.17, 15) is 0 Å². The lowest BCUT2D eigenvalue weighted by Crippen LogP contribution is -2.30. The zero-order valence-corrected chi connectivity index (χ0v) is 13.5. The standard InChI is InChI=1S/C17H25NO3/c1-7-9-14(8-2)18-12(3)13-10-15(19-4)17(21-6)16(11-13)20-5/h2,10-12,14,18H,7,9H2,1,3-6H3. The minimum Gasteiger partial charge on any atom is -0.493 e. The van der Waals surface area contributed by atoms with Gasteiger partial charge in [-0.25, -0.2) is 0 Å². The molecule has 0 amide bonds. The zero-order valence-electron chi connectivity index (χ0n) is 13.5. The number of rotatable bonds is 8. The van der Waals surface area contributed by atoms with Gasteiger partial charge in [0.1, 0.15) is 0 Å². The van der Waals surface area contributed by atoms with E-state index in [2.05, 4.69) is 25.1 Å². The Morgan fingerprint density at radius 1 is 1.14 bits per heavy atom. The predicted molar refractivity (Wildman–Crippen MR) is 85.2 cm³/mol. The zero-order chi connectivity index (χ0) is 15.8. The minimum absolute atomic E-state index is 0.0593. The van der Waals surface area contributed by atoms with E-state index in [1.807, 2.05) is 12.1 Å². The Labute approximate surface area is 127 Å². The van der Waals surface area contributed by atoms with Crippen LogP contribution >= 0.6 is 0 Å². The Kier molecular flexibility index (Phi) is 6.90. The first-order chi connectivity index (χ1) is 10.1. The fourth-order valence-electron chi connectivity index (χ4n) is 2.25. The molecule has 0 aliphatic carbocycles. The van der Waals surface area contributed by atoms with Gasteiger partial charge < -0.3 is 14.2 Å². The lowest BCUT2D eigenvalue weighted by atomic mass is 10.0. The van der Waals surface area contributed by atoms with Crippen molar-refractivity contribution in [2.75, 3.05) is 21.3 Å². The molecule has 0 bridgehead atoms. The van der Waals surface area contributed by atoms with Gasteiger partial charge >= 0.3 is 0 Å². The van der Waals surface area contributed by atoms with Crippen LogP contribution in [0.5, 0.6) is 17.2 Å². The number of methoxy groups -OCH3 is 3. The predicted octanol–water partition coefficient (Wildman–Crippen LogP) is 3.16. The van der Waals surface area contributed by atoms with Gasteiger partial charge in [0.15, 0.2) is 11.5 Å². The van der Waals surface area contributed by atoms with E-state index >= 15 is 0 Å². The molecular weight excluding hydrogens is 266 g/mol. The highest BCUT2D eigenvalue weighted by Crippen LogP contribution is 2.39. The average molecular weight is 291 g/mol. The second-order valence-corrected chi connectivity index (χ2v) is 4.85. The van der Waals surface area contributed by atoms with Crippen molar-refractivity contribution in [2.45, 2.75) is 38.8 Å². The van der Waals surface area contributed by atoms with Crippen molar-refractivity contribution in [3.63, 3.8) is 0 Å². The molecule has 0 aromatic heterocycles. The van der Waals surface area contributed by atoms with Crippen LogP contribution in [0.2, 0.25) is 0 Å². The molecule has 0 aliphatic rings. The molecule has 0 saturated carbocycles. The lowest BCUT2D eigenvalue weighted by Gasteiger charge is -2.21. The van der Waals surface area contributed by atoms with Crippen molar-refractivity contribution < 1.29 is 14.2 Å². The highest BCUT2D eigenvalue weighted by Gasteiger charge is 2.17. The molecule has 1 aromatic rings. The fraction of sp³-hybridized carbons (Fsp3) is 0.529. The molecule has 21 heavy (non-hydrogen) atoms. The molecule has 0 fully saturated rings. The molecule has 0 saturated heterocycles. The number of ether oxygens (including phenoxy) is 3. The maximum Gasteiger partial charge on any atom is 0.203 e. The van der Waals surface area contributed by atoms with Gasteiger partial charge in [-0.05, 0) is 31.0 Å². The topological polar surface area (TPSA) is 39.7 Å². The van der Waals surface area contributed by atoms with Gasteiger partial charge in [0.2, 0.25) is 5.75 Å². The van der Waals surface area contributed by atoms with E-state index < -0.39 is 0 Å². The van der Waals surface area contributed by atoms with Gasteiger partial charge in [-0.15, -0.1) is 6.42 Å². The summed E-state index contributed by atoms with van der Waals surface area (Å²) in [7, 11) is 4.82. The van der Waals surface area contributed by atoms with Crippen molar-refractivity contribution in [2.24, 2.45) is 0 Å². The Morgan fingerprint density at radius 2 is 1.71 bits per heavy atom. The largest absolute Gasteiger partial charge is 0.493 e. The van der Waals surface area contributed by atoms with Gasteiger partial charge in [0, 0.05) is 6.04 Å². The number of hydrogen-bond acceptors (Lipinski definition) is 4. The number of nitrogens with one attached hydrogen (secondary N) is 1. The SMILES string of the molecule is C#CC(CCC)NC(C)c1cc(OC)c(OC)c(OC)c1. The number of benzene rings is 1. The molecular formula is C17H25NO3. The van der Waals surface area contributed by atoms with Crippen molar-refractivity contribution in [3.8, 4) is 29.6 Å². The molecule has 0 aliphatic heterocycles. The maximum atomic E-state index is 5.56. The first-order valence-electron chi connectivity index (χ1n) is 7.13. The van der Waals surface area contributed by atoms with E-state index in [1.165, 1.54) is 0 Å². The molecule has 1 N–H and O–H groups in total. The third-order valence-corrected chi connectivity index (χ3v) is 3.42. The van der Waals surface area contributed by atoms with E-state index in [4.69, 9.17) is 20.6 Å². The second-order valence-electron chi connectivity index (χ2n) is 4.85. The second kappa shape index (κ2) is 8.43. The van der Waals surface area contributed by atoms with Gasteiger partial charge in [0.25, 0.3) is 0 Å². The van der Waals surface area contributed by atoms with Crippen LogP contribution in [-0.2, 0) is 0 Å². The van der Waals surface area contributed by atoms with E-state index in [0.717, 1.165) is 18.4 Å². The van der Waals surface area contributed by atoms with Crippen LogP contribution < -0.4 is 19.5 Å². The van der Waals surface area contributed by atoms with Crippen molar-refractivity contribution in [1.82, 2.24) is 5.32 Å². The first-order valence-corrected chi connectivity index (χ1v) is 7.13.